The van der Waals surface area contributed by atoms with Gasteiger partial charge in [-0.05, 0) is 55.5 Å². The maximum Gasteiger partial charge on any atom is 0.237 e. The standard InChI is InChI=1S/C23H19ClN4O4S/c1-14(22(29)25-17-8-9-19-20(11-17)32-13-31-19)33-23-27-26-21(15-4-6-16(24)7-5-15)28(23)12-18-3-2-10-30-18/h2-11,14H,12-13H2,1H3,(H,25,29). The molecule has 2 aromatic heterocycles. The number of ether oxygens (including phenoxy) is 2. The van der Waals surface area contributed by atoms with Crippen molar-refractivity contribution in [3.63, 3.8) is 0 Å². The second-order valence-corrected chi connectivity index (χ2v) is 9.04. The number of hydrogen-bond donors (Lipinski definition) is 1. The summed E-state index contributed by atoms with van der Waals surface area (Å²) in [5, 5.41) is 12.5. The predicted octanol–water partition coefficient (Wildman–Crippen LogP) is 5.09. The molecule has 10 heteroatoms. The van der Waals surface area contributed by atoms with Crippen LogP contribution >= 0.6 is 23.4 Å². The Morgan fingerprint density at radius 2 is 1.97 bits per heavy atom. The normalized spacial score (nSPS) is 13.2. The SMILES string of the molecule is CC(Sc1nnc(-c2ccc(Cl)cc2)n1Cc1ccco1)C(=O)Nc1ccc2c(c1)OCO2. The van der Waals surface area contributed by atoms with Crippen LogP contribution in [0.5, 0.6) is 11.5 Å². The van der Waals surface area contributed by atoms with Crippen molar-refractivity contribution in [3.05, 3.63) is 71.6 Å². The zero-order valence-electron chi connectivity index (χ0n) is 17.5. The maximum absolute atomic E-state index is 12.9. The Morgan fingerprint density at radius 3 is 2.76 bits per heavy atom. The number of halogens is 1. The van der Waals surface area contributed by atoms with E-state index < -0.39 is 5.25 Å². The second kappa shape index (κ2) is 9.21. The molecule has 1 N–H and O–H groups in total. The van der Waals surface area contributed by atoms with Crippen LogP contribution in [0.1, 0.15) is 12.7 Å². The minimum atomic E-state index is -0.437. The van der Waals surface area contributed by atoms with Gasteiger partial charge in [0.15, 0.2) is 22.5 Å². The molecule has 5 rings (SSSR count). The van der Waals surface area contributed by atoms with Crippen LogP contribution in [0.2, 0.25) is 5.02 Å². The van der Waals surface area contributed by atoms with Gasteiger partial charge in [0.1, 0.15) is 5.76 Å². The molecule has 168 valence electrons. The first-order valence-electron chi connectivity index (χ1n) is 10.2. The monoisotopic (exact) mass is 482 g/mol. The molecule has 1 amide bonds. The number of amides is 1. The summed E-state index contributed by atoms with van der Waals surface area (Å²) in [7, 11) is 0. The number of carbonyl (C=O) groups is 1. The molecule has 3 heterocycles. The van der Waals surface area contributed by atoms with Gasteiger partial charge < -0.3 is 19.2 Å². The average Bonchev–Trinajstić information content (AvgIpc) is 3.57. The number of aromatic nitrogens is 3. The van der Waals surface area contributed by atoms with Gasteiger partial charge in [0.2, 0.25) is 12.7 Å². The van der Waals surface area contributed by atoms with Crippen molar-refractivity contribution in [1.82, 2.24) is 14.8 Å². The lowest BCUT2D eigenvalue weighted by atomic mass is 10.2. The molecule has 4 aromatic rings. The Bertz CT molecular complexity index is 1270. The van der Waals surface area contributed by atoms with Gasteiger partial charge in [-0.2, -0.15) is 0 Å². The number of hydrogen-bond acceptors (Lipinski definition) is 7. The van der Waals surface area contributed by atoms with E-state index in [9.17, 15) is 4.79 Å². The van der Waals surface area contributed by atoms with E-state index in [1.807, 2.05) is 35.8 Å². The van der Waals surface area contributed by atoms with E-state index in [2.05, 4.69) is 15.5 Å². The lowest BCUT2D eigenvalue weighted by Gasteiger charge is -2.13. The number of benzene rings is 2. The first-order valence-corrected chi connectivity index (χ1v) is 11.4. The molecule has 8 nitrogen and oxygen atoms in total. The molecule has 0 fully saturated rings. The molecule has 1 unspecified atom stereocenters. The lowest BCUT2D eigenvalue weighted by Crippen LogP contribution is -2.23. The third-order valence-electron chi connectivity index (χ3n) is 5.00. The molecular weight excluding hydrogens is 464 g/mol. The summed E-state index contributed by atoms with van der Waals surface area (Å²) in [5.74, 6) is 2.52. The Hall–Kier alpha value is -3.43. The van der Waals surface area contributed by atoms with Crippen LogP contribution in [-0.2, 0) is 11.3 Å². The zero-order chi connectivity index (χ0) is 22.8. The third kappa shape index (κ3) is 4.69. The van der Waals surface area contributed by atoms with Crippen molar-refractivity contribution in [1.29, 1.82) is 0 Å². The molecular formula is C23H19ClN4O4S. The van der Waals surface area contributed by atoms with Gasteiger partial charge in [-0.3, -0.25) is 9.36 Å². The molecule has 1 atom stereocenters. The predicted molar refractivity (Wildman–Crippen MR) is 125 cm³/mol. The first kappa shape index (κ1) is 21.4. The number of nitrogens with zero attached hydrogens (tertiary/aromatic N) is 3. The van der Waals surface area contributed by atoms with Gasteiger partial charge >= 0.3 is 0 Å². The quantitative estimate of drug-likeness (QED) is 0.367. The highest BCUT2D eigenvalue weighted by molar-refractivity contribution is 8.00. The molecule has 0 aliphatic carbocycles. The van der Waals surface area contributed by atoms with Crippen LogP contribution in [0.15, 0.2) is 70.4 Å². The summed E-state index contributed by atoms with van der Waals surface area (Å²) in [6.07, 6.45) is 1.62. The summed E-state index contributed by atoms with van der Waals surface area (Å²) >= 11 is 7.36. The minimum Gasteiger partial charge on any atom is -0.467 e. The summed E-state index contributed by atoms with van der Waals surface area (Å²) < 4.78 is 18.2. The van der Waals surface area contributed by atoms with Gasteiger partial charge in [0.05, 0.1) is 18.1 Å². The molecule has 2 aromatic carbocycles. The van der Waals surface area contributed by atoms with Gasteiger partial charge in [-0.15, -0.1) is 10.2 Å². The molecule has 33 heavy (non-hydrogen) atoms. The number of thioether (sulfide) groups is 1. The number of nitrogens with one attached hydrogen (secondary N) is 1. The van der Waals surface area contributed by atoms with Crippen LogP contribution in [0.3, 0.4) is 0 Å². The first-order chi connectivity index (χ1) is 16.1. The molecule has 0 spiro atoms. The summed E-state index contributed by atoms with van der Waals surface area (Å²) in [6, 6.07) is 16.4. The highest BCUT2D eigenvalue weighted by Crippen LogP contribution is 2.35. The summed E-state index contributed by atoms with van der Waals surface area (Å²) in [5.41, 5.74) is 1.50. The van der Waals surface area contributed by atoms with Gasteiger partial charge in [0.25, 0.3) is 0 Å². The van der Waals surface area contributed by atoms with Gasteiger partial charge in [-0.25, -0.2) is 0 Å². The van der Waals surface area contributed by atoms with E-state index in [-0.39, 0.29) is 12.7 Å². The molecule has 0 saturated heterocycles. The summed E-state index contributed by atoms with van der Waals surface area (Å²) in [6.45, 7) is 2.43. The van der Waals surface area contributed by atoms with Crippen molar-refractivity contribution < 1.29 is 18.7 Å². The Morgan fingerprint density at radius 1 is 1.15 bits per heavy atom. The average molecular weight is 483 g/mol. The molecule has 0 radical (unpaired) electrons. The molecule has 0 bridgehead atoms. The van der Waals surface area contributed by atoms with Crippen molar-refractivity contribution >= 4 is 35.0 Å². The minimum absolute atomic E-state index is 0.167. The second-order valence-electron chi connectivity index (χ2n) is 7.30. The largest absolute Gasteiger partial charge is 0.467 e. The van der Waals surface area contributed by atoms with E-state index in [1.165, 1.54) is 11.8 Å². The molecule has 1 aliphatic rings. The molecule has 0 saturated carbocycles. The molecule has 1 aliphatic heterocycles. The van der Waals surface area contributed by atoms with Crippen molar-refractivity contribution in [2.75, 3.05) is 12.1 Å². The van der Waals surface area contributed by atoms with Crippen molar-refractivity contribution in [2.24, 2.45) is 0 Å². The number of fused-ring (bicyclic) bond motifs is 1. The van der Waals surface area contributed by atoms with E-state index >= 15 is 0 Å². The van der Waals surface area contributed by atoms with Crippen LogP contribution in [0.25, 0.3) is 11.4 Å². The number of furan rings is 1. The van der Waals surface area contributed by atoms with Crippen LogP contribution in [0.4, 0.5) is 5.69 Å². The lowest BCUT2D eigenvalue weighted by molar-refractivity contribution is -0.115. The zero-order valence-corrected chi connectivity index (χ0v) is 19.1. The van der Waals surface area contributed by atoms with E-state index in [4.69, 9.17) is 25.5 Å². The van der Waals surface area contributed by atoms with E-state index in [0.29, 0.717) is 39.7 Å². The fraction of sp³-hybridized carbons (Fsp3) is 0.174. The fourth-order valence-corrected chi connectivity index (χ4v) is 4.29. The van der Waals surface area contributed by atoms with Gasteiger partial charge in [0, 0.05) is 22.3 Å². The van der Waals surface area contributed by atoms with Crippen LogP contribution < -0.4 is 14.8 Å². The van der Waals surface area contributed by atoms with Crippen LogP contribution in [0, 0.1) is 0 Å². The Labute approximate surface area is 198 Å². The van der Waals surface area contributed by atoms with Crippen molar-refractivity contribution in [3.8, 4) is 22.9 Å². The van der Waals surface area contributed by atoms with E-state index in [1.54, 1.807) is 36.6 Å². The Kier molecular flexibility index (Phi) is 5.97. The van der Waals surface area contributed by atoms with Gasteiger partial charge in [-0.1, -0.05) is 23.4 Å². The van der Waals surface area contributed by atoms with Crippen molar-refractivity contribution in [2.45, 2.75) is 23.9 Å². The maximum atomic E-state index is 12.9. The van der Waals surface area contributed by atoms with Crippen LogP contribution in [-0.4, -0.2) is 32.7 Å². The number of anilines is 1. The topological polar surface area (TPSA) is 91.4 Å². The smallest absolute Gasteiger partial charge is 0.237 e. The fourth-order valence-electron chi connectivity index (χ4n) is 3.32. The highest BCUT2D eigenvalue weighted by atomic mass is 35.5. The Balaban J connectivity index is 1.36. The third-order valence-corrected chi connectivity index (χ3v) is 6.34. The number of carbonyl (C=O) groups excluding carboxylic acids is 1. The summed E-state index contributed by atoms with van der Waals surface area (Å²) in [4.78, 5) is 12.9. The van der Waals surface area contributed by atoms with E-state index in [0.717, 1.165) is 11.3 Å². The highest BCUT2D eigenvalue weighted by Gasteiger charge is 2.22. The number of rotatable bonds is 7.